The number of aliphatic hydroxyl groups excluding tert-OH is 1. The highest BCUT2D eigenvalue weighted by Crippen LogP contribution is 2.68. The number of amides is 4. The Morgan fingerprint density at radius 3 is 2.39 bits per heavy atom. The Labute approximate surface area is 581 Å². The maximum Gasteiger partial charge on any atom is 0.426 e. The Morgan fingerprint density at radius 1 is 0.890 bits per heavy atom. The monoisotopic (exact) mass is 1410 g/mol. The van der Waals surface area contributed by atoms with E-state index in [-0.39, 0.29) is 72.5 Å². The number of methoxy groups -OCH3 is 2. The summed E-state index contributed by atoms with van der Waals surface area (Å²) in [4.78, 5) is 132. The molecule has 30 nitrogen and oxygen atoms in total. The van der Waals surface area contributed by atoms with Crippen LogP contribution in [-0.2, 0) is 57.2 Å². The predicted octanol–water partition coefficient (Wildman–Crippen LogP) is 2.84. The number of nitrogens with two attached hydrogens (primary N) is 1. The molecule has 12 atom stereocenters. The predicted molar refractivity (Wildman–Crippen MR) is 370 cm³/mol. The molecule has 6 aliphatic rings. The molecular formula is C68H82N14O16S2. The molecule has 32 heteroatoms. The zero-order chi connectivity index (χ0) is 71.2. The maximum atomic E-state index is 15.6. The van der Waals surface area contributed by atoms with E-state index in [1.165, 1.54) is 32.5 Å². The average Bonchev–Trinajstić information content (AvgIpc) is 1.46. The Morgan fingerprint density at radius 2 is 1.66 bits per heavy atom. The van der Waals surface area contributed by atoms with E-state index in [2.05, 4.69) is 61.5 Å². The molecule has 6 aromatic rings. The first-order valence-corrected chi connectivity index (χ1v) is 35.7. The van der Waals surface area contributed by atoms with Gasteiger partial charge in [-0.2, -0.15) is 4.98 Å². The summed E-state index contributed by atoms with van der Waals surface area (Å²) in [5, 5.41) is 67.4. The molecule has 4 amide bonds. The molecule has 3 aromatic carbocycles. The number of ether oxygens (including phenoxy) is 3. The fraction of sp³-hybridized carbons (Fsp3) is 0.485. The summed E-state index contributed by atoms with van der Waals surface area (Å²) in [6, 6.07) is 13.2. The number of carboxylic acids is 2. The molecule has 3 fully saturated rings. The third-order valence-electron chi connectivity index (χ3n) is 21.2. The summed E-state index contributed by atoms with van der Waals surface area (Å²) in [6.45, 7) is 6.58. The molecule has 1 saturated carbocycles. The van der Waals surface area contributed by atoms with Gasteiger partial charge in [0.2, 0.25) is 11.9 Å². The van der Waals surface area contributed by atoms with Gasteiger partial charge in [0.25, 0.3) is 17.4 Å². The summed E-state index contributed by atoms with van der Waals surface area (Å²) in [5.41, 5.74) is 7.50. The Balaban J connectivity index is 0.685. The van der Waals surface area contributed by atoms with E-state index in [9.17, 15) is 54.3 Å². The first-order chi connectivity index (χ1) is 47.9. The van der Waals surface area contributed by atoms with Gasteiger partial charge >= 0.3 is 24.0 Å². The van der Waals surface area contributed by atoms with Crippen LogP contribution in [0, 0.1) is 11.3 Å². The Kier molecular flexibility index (Phi) is 19.9. The lowest BCUT2D eigenvalue weighted by Gasteiger charge is -2.63. The largest absolute Gasteiger partial charge is 0.496 e. The number of aromatic amines is 2. The second kappa shape index (κ2) is 28.2. The van der Waals surface area contributed by atoms with Crippen molar-refractivity contribution in [3.63, 3.8) is 0 Å². The number of nitrogens with zero attached hydrogens (tertiary/aromatic N) is 6. The average molecular weight is 1420 g/mol. The fourth-order valence-electron chi connectivity index (χ4n) is 16.8. The summed E-state index contributed by atoms with van der Waals surface area (Å²) >= 11 is 0. The quantitative estimate of drug-likeness (QED) is 0.0144. The van der Waals surface area contributed by atoms with Crippen LogP contribution in [0.5, 0.6) is 5.75 Å². The number of nitrogen functional groups attached to an aromatic ring is 1. The van der Waals surface area contributed by atoms with Crippen molar-refractivity contribution >= 4 is 103 Å². The number of nitrogens with one attached hydrogen (secondary N) is 7. The minimum absolute atomic E-state index is 0.00377. The van der Waals surface area contributed by atoms with Crippen molar-refractivity contribution in [3.05, 3.63) is 123 Å². The number of benzene rings is 3. The van der Waals surface area contributed by atoms with Crippen molar-refractivity contribution in [1.82, 2.24) is 56.2 Å². The number of carbonyl (C=O) groups excluding carboxylic acids is 5. The van der Waals surface area contributed by atoms with E-state index in [1.807, 2.05) is 62.4 Å². The second-order valence-corrected chi connectivity index (χ2v) is 29.4. The van der Waals surface area contributed by atoms with Crippen LogP contribution in [0.1, 0.15) is 97.2 Å². The number of rotatable bonds is 23. The number of likely N-dealkylation sites (N-methyl/N-ethyl adjacent to an activating group) is 1. The van der Waals surface area contributed by atoms with Crippen LogP contribution >= 0.6 is 21.6 Å². The van der Waals surface area contributed by atoms with Gasteiger partial charge in [0.1, 0.15) is 36.0 Å². The zero-order valence-corrected chi connectivity index (χ0v) is 57.4. The van der Waals surface area contributed by atoms with Crippen molar-refractivity contribution in [3.8, 4) is 5.75 Å². The van der Waals surface area contributed by atoms with Crippen LogP contribution in [0.2, 0.25) is 0 Å². The van der Waals surface area contributed by atoms with E-state index in [1.54, 1.807) is 24.1 Å². The summed E-state index contributed by atoms with van der Waals surface area (Å²) < 4.78 is 17.8. The van der Waals surface area contributed by atoms with Gasteiger partial charge in [0.15, 0.2) is 16.8 Å². The zero-order valence-electron chi connectivity index (χ0n) is 55.8. The molecule has 1 aliphatic carbocycles. The van der Waals surface area contributed by atoms with Crippen LogP contribution in [-0.4, -0.2) is 216 Å². The SMILES string of the molecule is CC[C@]1(O)C[C@H]2CN(CCc3c([nH]c4ccccc34)[C@@](C(=O)OC)(c3cc4c(cc3OC)N(C)[C@H]3[C@@](O)(C(=O)NNC(=O)OCCSSC[C@H](NC(=O)CC[C@H](NC(=O)c5ccc(NCc6cnc7nc(N)[nH]c(=O)c7n6)cc5)C(=O)O)C(=O)O)[C@H](O)[C@]5(CC)C=CCN6CC[C@]43[C@@H]65)C2)C1. The highest BCUT2D eigenvalue weighted by Gasteiger charge is 2.79. The summed E-state index contributed by atoms with van der Waals surface area (Å²) in [7, 11) is 6.81. The molecule has 2 bridgehead atoms. The van der Waals surface area contributed by atoms with Gasteiger partial charge in [-0.1, -0.05) is 65.8 Å². The van der Waals surface area contributed by atoms with Gasteiger partial charge < -0.3 is 71.3 Å². The number of anilines is 3. The molecule has 100 heavy (non-hydrogen) atoms. The number of para-hydroxylation sites is 1. The van der Waals surface area contributed by atoms with Crippen molar-refractivity contribution in [2.24, 2.45) is 11.3 Å². The van der Waals surface area contributed by atoms with E-state index < -0.39 is 111 Å². The molecule has 1 unspecified atom stereocenters. The molecule has 0 radical (unpaired) electrons. The number of fused-ring (bicyclic) bond motifs is 7. The van der Waals surface area contributed by atoms with Gasteiger partial charge in [0, 0.05) is 113 Å². The number of H-pyrrole nitrogens is 2. The number of piperidine rings is 1. The van der Waals surface area contributed by atoms with Gasteiger partial charge in [-0.15, -0.1) is 0 Å². The topological polar surface area (TPSA) is 432 Å². The van der Waals surface area contributed by atoms with Gasteiger partial charge in [-0.25, -0.2) is 29.8 Å². The highest BCUT2D eigenvalue weighted by atomic mass is 33.1. The van der Waals surface area contributed by atoms with E-state index >= 15 is 9.59 Å². The van der Waals surface area contributed by atoms with Crippen molar-refractivity contribution in [2.75, 3.05) is 88.1 Å². The van der Waals surface area contributed by atoms with Crippen LogP contribution < -0.4 is 47.7 Å². The van der Waals surface area contributed by atoms with Gasteiger partial charge in [-0.05, 0) is 105 Å². The smallest absolute Gasteiger partial charge is 0.426 e. The standard InChI is InChI=1S/C68H82N14O16S2/c1-6-64(94)29-36-30-67(61(92)97-5,51-41(19-23-81(33-36)35-64)40-11-8-9-12-44(40)74-51)43-27-42-47(28-48(43)96-4)80(3)58-66(42)21-24-82-22-10-20-65(7-2,57(66)82)59(90)68(58,95)60(91)78-79-63(93)98-25-26-99-100-34-46(56(88)89)73-49(83)18-17-45(55(86)87)75-53(84)37-13-15-38(16-14-37)70-31-39-32-71-52-50(72-39)54(85)77-62(69)76-52/h8-16,20,27-28,32,36,45-46,57-59,70,74,90,94-95H,6-7,17-19,21-26,29-31,33-35H2,1-5H3,(H,73,83)(H,75,84)(H,78,91)(H,79,93)(H,86,87)(H,88,89)(H3,69,71,76,77,85)/t36-,45+,46+,57+,58-,59-,64+,65-,66-,67+,68+/m1/s1. The fourth-order valence-corrected chi connectivity index (χ4v) is 18.8. The number of hydrogen-bond acceptors (Lipinski definition) is 24. The van der Waals surface area contributed by atoms with Gasteiger partial charge in [0.05, 0.1) is 44.3 Å². The third kappa shape index (κ3) is 12.6. The molecule has 532 valence electrons. The molecule has 14 N–H and O–H groups in total. The van der Waals surface area contributed by atoms with Crippen molar-refractivity contribution in [2.45, 2.75) is 124 Å². The van der Waals surface area contributed by atoms with Gasteiger partial charge in [-0.3, -0.25) is 44.2 Å². The molecule has 2 saturated heterocycles. The number of hydrazine groups is 1. The Bertz CT molecular complexity index is 4300. The van der Waals surface area contributed by atoms with Crippen molar-refractivity contribution < 1.29 is 73.3 Å². The number of aliphatic hydroxyl groups is 3. The second-order valence-electron chi connectivity index (χ2n) is 26.7. The normalized spacial score (nSPS) is 27.0. The molecule has 12 rings (SSSR count). The lowest BCUT2D eigenvalue weighted by molar-refractivity contribution is -0.204. The molecule has 1 spiro atoms. The van der Waals surface area contributed by atoms with E-state index in [4.69, 9.17) is 19.9 Å². The maximum absolute atomic E-state index is 15.6. The molecule has 5 aliphatic heterocycles. The number of esters is 1. The van der Waals surface area contributed by atoms with E-state index in [0.29, 0.717) is 92.5 Å². The summed E-state index contributed by atoms with van der Waals surface area (Å²) in [6.07, 6.45) is 4.01. The van der Waals surface area contributed by atoms with Crippen LogP contribution in [0.15, 0.2) is 83.8 Å². The van der Waals surface area contributed by atoms with Crippen LogP contribution in [0.4, 0.5) is 22.1 Å². The number of aliphatic carboxylic acids is 2. The Hall–Kier alpha value is -9.05. The number of carbonyl (C=O) groups is 7. The molecular weight excluding hydrogens is 1330 g/mol. The number of hydrogen-bond donors (Lipinski definition) is 13. The minimum Gasteiger partial charge on any atom is -0.496 e. The minimum atomic E-state index is -2.65. The number of aromatic nitrogens is 5. The van der Waals surface area contributed by atoms with Crippen LogP contribution in [0.25, 0.3) is 22.1 Å². The first-order valence-electron chi connectivity index (χ1n) is 33.2. The lowest BCUT2D eigenvalue weighted by atomic mass is 9.47. The van der Waals surface area contributed by atoms with Crippen LogP contribution in [0.3, 0.4) is 0 Å². The molecule has 8 heterocycles. The summed E-state index contributed by atoms with van der Waals surface area (Å²) in [5.74, 6) is -5.99. The first kappa shape index (κ1) is 70.8. The highest BCUT2D eigenvalue weighted by molar-refractivity contribution is 8.76. The molecule has 3 aromatic heterocycles. The van der Waals surface area contributed by atoms with Crippen molar-refractivity contribution in [1.29, 1.82) is 0 Å². The lowest BCUT2D eigenvalue weighted by Crippen LogP contribution is -2.82. The number of carboxylic acid groups (broad SMARTS) is 2. The third-order valence-corrected chi connectivity index (χ3v) is 23.6. The van der Waals surface area contributed by atoms with E-state index in [0.717, 1.165) is 43.6 Å².